The van der Waals surface area contributed by atoms with Crippen LogP contribution in [0.2, 0.25) is 5.02 Å². The van der Waals surface area contributed by atoms with Crippen molar-refractivity contribution in [3.05, 3.63) is 47.5 Å². The Morgan fingerprint density at radius 1 is 1.16 bits per heavy atom. The summed E-state index contributed by atoms with van der Waals surface area (Å²) in [5.74, 6) is 1.43. The van der Waals surface area contributed by atoms with Crippen molar-refractivity contribution in [1.82, 2.24) is 25.1 Å². The van der Waals surface area contributed by atoms with Gasteiger partial charge in [0, 0.05) is 16.3 Å². The Morgan fingerprint density at radius 3 is 2.81 bits per heavy atom. The van der Waals surface area contributed by atoms with Crippen LogP contribution in [0.5, 0.6) is 11.5 Å². The molecule has 0 spiro atoms. The molecule has 0 radical (unpaired) electrons. The van der Waals surface area contributed by atoms with Crippen molar-refractivity contribution in [2.24, 2.45) is 0 Å². The number of nitrogen functional groups attached to an aromatic ring is 1. The van der Waals surface area contributed by atoms with E-state index in [2.05, 4.69) is 25.8 Å². The van der Waals surface area contributed by atoms with Crippen LogP contribution in [0, 0.1) is 0 Å². The third-order valence-electron chi connectivity index (χ3n) is 4.45. The van der Waals surface area contributed by atoms with E-state index in [0.717, 1.165) is 0 Å². The number of fused-ring (bicyclic) bond motifs is 1. The summed E-state index contributed by atoms with van der Waals surface area (Å²) in [4.78, 5) is 16.6. The number of hydrogen-bond donors (Lipinski definition) is 2. The Morgan fingerprint density at radius 2 is 1.97 bits per heavy atom. The summed E-state index contributed by atoms with van der Waals surface area (Å²) in [6, 6.07) is 12.0. The van der Waals surface area contributed by atoms with Gasteiger partial charge in [-0.2, -0.15) is 4.98 Å². The van der Waals surface area contributed by atoms with E-state index in [1.54, 1.807) is 42.5 Å². The molecule has 4 aromatic rings. The van der Waals surface area contributed by atoms with Gasteiger partial charge in [-0.15, -0.1) is 5.10 Å². The van der Waals surface area contributed by atoms with E-state index in [-0.39, 0.29) is 36.6 Å². The topological polar surface area (TPSA) is 143 Å². The molecule has 0 aliphatic carbocycles. The summed E-state index contributed by atoms with van der Waals surface area (Å²) in [6.07, 6.45) is 0. The Bertz CT molecular complexity index is 1270. The second-order valence-corrected chi connectivity index (χ2v) is 6.96. The van der Waals surface area contributed by atoms with Gasteiger partial charge in [0.05, 0.1) is 0 Å². The van der Waals surface area contributed by atoms with E-state index in [9.17, 15) is 4.79 Å². The molecule has 2 aromatic carbocycles. The summed E-state index contributed by atoms with van der Waals surface area (Å²) in [7, 11) is 0. The van der Waals surface area contributed by atoms with Crippen LogP contribution < -0.4 is 20.5 Å². The Balaban J connectivity index is 1.32. The van der Waals surface area contributed by atoms with Gasteiger partial charge < -0.3 is 25.0 Å². The molecule has 0 bridgehead atoms. The molecule has 12 heteroatoms. The maximum atomic E-state index is 12.3. The van der Waals surface area contributed by atoms with E-state index in [0.29, 0.717) is 33.6 Å². The first-order valence-electron chi connectivity index (χ1n) is 9.05. The minimum Gasteiger partial charge on any atom is -0.454 e. The molecule has 0 saturated heterocycles. The van der Waals surface area contributed by atoms with E-state index in [1.165, 1.54) is 4.68 Å². The molecule has 11 nitrogen and oxygen atoms in total. The van der Waals surface area contributed by atoms with Crippen molar-refractivity contribution in [1.29, 1.82) is 0 Å². The summed E-state index contributed by atoms with van der Waals surface area (Å²) in [5.41, 5.74) is 7.54. The molecule has 3 heterocycles. The summed E-state index contributed by atoms with van der Waals surface area (Å²) < 4.78 is 17.2. The number of amides is 1. The average Bonchev–Trinajstić information content (AvgIpc) is 3.50. The number of nitrogens with one attached hydrogen (secondary N) is 1. The maximum absolute atomic E-state index is 12.3. The van der Waals surface area contributed by atoms with Crippen LogP contribution in [0.4, 0.5) is 11.5 Å². The SMILES string of the molecule is Nc1c(-c2nc(-c3ccc4c(c3)OCO4)no2)nnn1CC(=O)Nc1ccc(Cl)cc1. The van der Waals surface area contributed by atoms with Crippen molar-refractivity contribution in [3.8, 4) is 34.5 Å². The van der Waals surface area contributed by atoms with Crippen molar-refractivity contribution in [3.63, 3.8) is 0 Å². The molecule has 1 aliphatic rings. The zero-order chi connectivity index (χ0) is 21.4. The molecule has 3 N–H and O–H groups in total. The van der Waals surface area contributed by atoms with Crippen molar-refractivity contribution in [2.75, 3.05) is 17.8 Å². The lowest BCUT2D eigenvalue weighted by molar-refractivity contribution is -0.116. The van der Waals surface area contributed by atoms with Crippen LogP contribution in [0.1, 0.15) is 0 Å². The average molecular weight is 440 g/mol. The number of carbonyl (C=O) groups excluding carboxylic acids is 1. The van der Waals surface area contributed by atoms with Crippen LogP contribution >= 0.6 is 11.6 Å². The van der Waals surface area contributed by atoms with E-state index in [1.807, 2.05) is 0 Å². The van der Waals surface area contributed by atoms with Gasteiger partial charge in [0.2, 0.25) is 18.5 Å². The monoisotopic (exact) mass is 439 g/mol. The van der Waals surface area contributed by atoms with Crippen LogP contribution in [0.3, 0.4) is 0 Å². The summed E-state index contributed by atoms with van der Waals surface area (Å²) >= 11 is 5.84. The predicted molar refractivity (Wildman–Crippen MR) is 109 cm³/mol. The Hall–Kier alpha value is -4.12. The molecule has 31 heavy (non-hydrogen) atoms. The lowest BCUT2D eigenvalue weighted by Gasteiger charge is -2.06. The lowest BCUT2D eigenvalue weighted by Crippen LogP contribution is -2.20. The third-order valence-corrected chi connectivity index (χ3v) is 4.71. The molecule has 0 atom stereocenters. The standard InChI is InChI=1S/C19H14ClN7O4/c20-11-2-4-12(5-3-11)22-15(28)8-27-17(21)16(24-26-27)19-23-18(25-31-19)10-1-6-13-14(7-10)30-9-29-13/h1-7H,8-9,21H2,(H,22,28). The minimum absolute atomic E-state index is 0.0783. The van der Waals surface area contributed by atoms with Crippen molar-refractivity contribution in [2.45, 2.75) is 6.54 Å². The number of ether oxygens (including phenoxy) is 2. The zero-order valence-electron chi connectivity index (χ0n) is 15.8. The largest absolute Gasteiger partial charge is 0.454 e. The number of hydrogen-bond acceptors (Lipinski definition) is 9. The highest BCUT2D eigenvalue weighted by Crippen LogP contribution is 2.35. The fourth-order valence-electron chi connectivity index (χ4n) is 2.93. The molecule has 0 fully saturated rings. The molecule has 0 unspecified atom stereocenters. The van der Waals surface area contributed by atoms with Crippen LogP contribution in [0.25, 0.3) is 23.0 Å². The number of aromatic nitrogens is 5. The molecular formula is C19H14ClN7O4. The second-order valence-electron chi connectivity index (χ2n) is 6.53. The van der Waals surface area contributed by atoms with Gasteiger partial charge in [-0.1, -0.05) is 22.0 Å². The third kappa shape index (κ3) is 3.73. The highest BCUT2D eigenvalue weighted by atomic mass is 35.5. The van der Waals surface area contributed by atoms with Gasteiger partial charge >= 0.3 is 0 Å². The van der Waals surface area contributed by atoms with Gasteiger partial charge in [-0.25, -0.2) is 4.68 Å². The van der Waals surface area contributed by atoms with Crippen molar-refractivity contribution < 1.29 is 18.8 Å². The van der Waals surface area contributed by atoms with Gasteiger partial charge in [-0.3, -0.25) is 4.79 Å². The van der Waals surface area contributed by atoms with Gasteiger partial charge in [0.25, 0.3) is 5.89 Å². The number of carbonyl (C=O) groups is 1. The predicted octanol–water partition coefficient (Wildman–Crippen LogP) is 2.60. The van der Waals surface area contributed by atoms with Gasteiger partial charge in [0.1, 0.15) is 6.54 Å². The molecule has 0 saturated carbocycles. The fourth-order valence-corrected chi connectivity index (χ4v) is 3.06. The minimum atomic E-state index is -0.336. The van der Waals surface area contributed by atoms with E-state index < -0.39 is 0 Å². The van der Waals surface area contributed by atoms with E-state index >= 15 is 0 Å². The van der Waals surface area contributed by atoms with Crippen LogP contribution in [0.15, 0.2) is 47.0 Å². The smallest absolute Gasteiger partial charge is 0.282 e. The number of anilines is 2. The molecular weight excluding hydrogens is 426 g/mol. The second kappa shape index (κ2) is 7.61. The molecule has 156 valence electrons. The number of nitrogens with zero attached hydrogens (tertiary/aromatic N) is 5. The Labute approximate surface area is 179 Å². The summed E-state index contributed by atoms with van der Waals surface area (Å²) in [5, 5.41) is 15.1. The zero-order valence-corrected chi connectivity index (χ0v) is 16.5. The maximum Gasteiger partial charge on any atom is 0.282 e. The molecule has 5 rings (SSSR count). The Kier molecular flexibility index (Phi) is 4.64. The first-order valence-corrected chi connectivity index (χ1v) is 9.43. The van der Waals surface area contributed by atoms with E-state index in [4.69, 9.17) is 31.3 Å². The first-order chi connectivity index (χ1) is 15.1. The number of halogens is 1. The number of benzene rings is 2. The number of nitrogens with two attached hydrogens (primary N) is 1. The fraction of sp³-hybridized carbons (Fsp3) is 0.105. The normalized spacial score (nSPS) is 12.2. The number of rotatable bonds is 5. The molecule has 1 aliphatic heterocycles. The first kappa shape index (κ1) is 18.9. The quantitative estimate of drug-likeness (QED) is 0.479. The van der Waals surface area contributed by atoms with Gasteiger partial charge in [-0.05, 0) is 42.5 Å². The van der Waals surface area contributed by atoms with Crippen LogP contribution in [-0.2, 0) is 11.3 Å². The molecule has 2 aromatic heterocycles. The van der Waals surface area contributed by atoms with Crippen molar-refractivity contribution >= 4 is 29.0 Å². The lowest BCUT2D eigenvalue weighted by atomic mass is 10.2. The summed E-state index contributed by atoms with van der Waals surface area (Å²) in [6.45, 7) is 0.0200. The molecule has 1 amide bonds. The highest BCUT2D eigenvalue weighted by molar-refractivity contribution is 6.30. The van der Waals surface area contributed by atoms with Gasteiger partial charge in [0.15, 0.2) is 23.0 Å². The van der Waals surface area contributed by atoms with Crippen LogP contribution in [-0.4, -0.2) is 37.8 Å². The highest BCUT2D eigenvalue weighted by Gasteiger charge is 2.21.